The Kier molecular flexibility index (Phi) is 4.99. The largest absolute Gasteiger partial charge is 0.484 e. The molecule has 0 aliphatic carbocycles. The fourth-order valence-electron chi connectivity index (χ4n) is 2.03. The number of rotatable bonds is 5. The third-order valence-electron chi connectivity index (χ3n) is 3.37. The van der Waals surface area contributed by atoms with Crippen LogP contribution < -0.4 is 10.1 Å². The molecule has 1 amide bonds. The molecule has 0 aromatic heterocycles. The van der Waals surface area contributed by atoms with Crippen LogP contribution in [0.3, 0.4) is 0 Å². The van der Waals surface area contributed by atoms with Crippen LogP contribution in [0.2, 0.25) is 0 Å². The Morgan fingerprint density at radius 2 is 1.81 bits per heavy atom. The molecule has 0 radical (unpaired) electrons. The summed E-state index contributed by atoms with van der Waals surface area (Å²) in [6.07, 6.45) is 0.993. The van der Waals surface area contributed by atoms with Crippen LogP contribution in [0.4, 0.5) is 5.69 Å². The second kappa shape index (κ2) is 6.93. The molecule has 0 saturated heterocycles. The molecule has 3 heteroatoms. The van der Waals surface area contributed by atoms with Gasteiger partial charge < -0.3 is 10.1 Å². The van der Waals surface area contributed by atoms with Gasteiger partial charge in [0.05, 0.1) is 0 Å². The molecule has 2 aromatic rings. The van der Waals surface area contributed by atoms with Gasteiger partial charge >= 0.3 is 0 Å². The molecular formula is C18H21NO2. The quantitative estimate of drug-likeness (QED) is 0.904. The number of nitrogens with one attached hydrogen (secondary N) is 1. The zero-order chi connectivity index (χ0) is 15.2. The van der Waals surface area contributed by atoms with Crippen molar-refractivity contribution in [2.24, 2.45) is 0 Å². The van der Waals surface area contributed by atoms with E-state index in [4.69, 9.17) is 4.74 Å². The lowest BCUT2D eigenvalue weighted by molar-refractivity contribution is -0.118. The minimum absolute atomic E-state index is 0.0128. The summed E-state index contributed by atoms with van der Waals surface area (Å²) in [6.45, 7) is 6.09. The van der Waals surface area contributed by atoms with Crippen LogP contribution in [0.5, 0.6) is 5.75 Å². The maximum absolute atomic E-state index is 11.9. The first-order chi connectivity index (χ1) is 10.1. The minimum atomic E-state index is -0.150. The Morgan fingerprint density at radius 3 is 2.48 bits per heavy atom. The van der Waals surface area contributed by atoms with Gasteiger partial charge in [0, 0.05) is 5.69 Å². The number of anilines is 1. The average Bonchev–Trinajstić information content (AvgIpc) is 2.49. The van der Waals surface area contributed by atoms with Crippen molar-refractivity contribution in [1.82, 2.24) is 0 Å². The smallest absolute Gasteiger partial charge is 0.262 e. The molecule has 2 rings (SSSR count). The third-order valence-corrected chi connectivity index (χ3v) is 3.37. The van der Waals surface area contributed by atoms with Crippen LogP contribution in [-0.4, -0.2) is 12.5 Å². The van der Waals surface area contributed by atoms with Crippen LogP contribution >= 0.6 is 0 Å². The van der Waals surface area contributed by atoms with E-state index in [1.807, 2.05) is 56.3 Å². The Labute approximate surface area is 126 Å². The van der Waals surface area contributed by atoms with Crippen molar-refractivity contribution in [2.75, 3.05) is 11.9 Å². The van der Waals surface area contributed by atoms with Gasteiger partial charge in [-0.1, -0.05) is 31.2 Å². The highest BCUT2D eigenvalue weighted by molar-refractivity contribution is 5.92. The summed E-state index contributed by atoms with van der Waals surface area (Å²) in [5, 5.41) is 2.88. The fraction of sp³-hybridized carbons (Fsp3) is 0.278. The topological polar surface area (TPSA) is 38.3 Å². The van der Waals surface area contributed by atoms with E-state index in [0.29, 0.717) is 5.75 Å². The lowest BCUT2D eigenvalue weighted by Gasteiger charge is -2.10. The first kappa shape index (κ1) is 15.1. The second-order valence-corrected chi connectivity index (χ2v) is 5.15. The van der Waals surface area contributed by atoms with E-state index >= 15 is 0 Å². The summed E-state index contributed by atoms with van der Waals surface area (Å²) in [5.74, 6) is 0.562. The number of amides is 1. The Morgan fingerprint density at radius 1 is 1.10 bits per heavy atom. The van der Waals surface area contributed by atoms with Gasteiger partial charge in [-0.2, -0.15) is 0 Å². The third kappa shape index (κ3) is 4.35. The molecule has 2 aromatic carbocycles. The SMILES string of the molecule is CCc1ccc(OCC(=O)Nc2cc(C)ccc2C)cc1. The van der Waals surface area contributed by atoms with Gasteiger partial charge in [0.25, 0.3) is 5.91 Å². The summed E-state index contributed by atoms with van der Waals surface area (Å²) in [6, 6.07) is 13.8. The zero-order valence-electron chi connectivity index (χ0n) is 12.8. The highest BCUT2D eigenvalue weighted by atomic mass is 16.5. The molecule has 0 fully saturated rings. The first-order valence-corrected chi connectivity index (χ1v) is 7.17. The van der Waals surface area contributed by atoms with E-state index < -0.39 is 0 Å². The summed E-state index contributed by atoms with van der Waals surface area (Å²) >= 11 is 0. The summed E-state index contributed by atoms with van der Waals surface area (Å²) in [4.78, 5) is 11.9. The van der Waals surface area contributed by atoms with E-state index in [-0.39, 0.29) is 12.5 Å². The number of carbonyl (C=O) groups excluding carboxylic acids is 1. The molecule has 1 N–H and O–H groups in total. The van der Waals surface area contributed by atoms with Crippen LogP contribution in [0.1, 0.15) is 23.6 Å². The number of benzene rings is 2. The van der Waals surface area contributed by atoms with E-state index in [2.05, 4.69) is 12.2 Å². The van der Waals surface area contributed by atoms with Gasteiger partial charge in [0.15, 0.2) is 6.61 Å². The Hall–Kier alpha value is -2.29. The summed E-state index contributed by atoms with van der Waals surface area (Å²) < 4.78 is 5.50. The molecule has 0 heterocycles. The maximum Gasteiger partial charge on any atom is 0.262 e. The molecule has 0 aliphatic heterocycles. The van der Waals surface area contributed by atoms with Gasteiger partial charge in [-0.3, -0.25) is 4.79 Å². The average molecular weight is 283 g/mol. The van der Waals surface area contributed by atoms with E-state index in [0.717, 1.165) is 23.2 Å². The number of ether oxygens (including phenoxy) is 1. The van der Waals surface area contributed by atoms with Crippen molar-refractivity contribution in [2.45, 2.75) is 27.2 Å². The van der Waals surface area contributed by atoms with Crippen molar-refractivity contribution >= 4 is 11.6 Å². The molecule has 0 bridgehead atoms. The van der Waals surface area contributed by atoms with E-state index in [1.54, 1.807) is 0 Å². The monoisotopic (exact) mass is 283 g/mol. The van der Waals surface area contributed by atoms with Gasteiger partial charge in [-0.25, -0.2) is 0 Å². The van der Waals surface area contributed by atoms with Crippen LogP contribution in [0.15, 0.2) is 42.5 Å². The normalized spacial score (nSPS) is 10.2. The maximum atomic E-state index is 11.9. The molecule has 0 aliphatic rings. The van der Waals surface area contributed by atoms with Crippen molar-refractivity contribution in [1.29, 1.82) is 0 Å². The van der Waals surface area contributed by atoms with Crippen LogP contribution in [0.25, 0.3) is 0 Å². The van der Waals surface area contributed by atoms with Crippen LogP contribution in [-0.2, 0) is 11.2 Å². The lowest BCUT2D eigenvalue weighted by Crippen LogP contribution is -2.20. The van der Waals surface area contributed by atoms with Crippen LogP contribution in [0, 0.1) is 13.8 Å². The van der Waals surface area contributed by atoms with Crippen molar-refractivity contribution in [3.05, 3.63) is 59.2 Å². The van der Waals surface area contributed by atoms with E-state index in [9.17, 15) is 4.79 Å². The summed E-state index contributed by atoms with van der Waals surface area (Å²) in [7, 11) is 0. The van der Waals surface area contributed by atoms with Gasteiger partial charge in [-0.15, -0.1) is 0 Å². The fourth-order valence-corrected chi connectivity index (χ4v) is 2.03. The number of hydrogen-bond acceptors (Lipinski definition) is 2. The molecule has 21 heavy (non-hydrogen) atoms. The molecule has 110 valence electrons. The van der Waals surface area contributed by atoms with Gasteiger partial charge in [-0.05, 0) is 55.2 Å². The molecule has 0 unspecified atom stereocenters. The minimum Gasteiger partial charge on any atom is -0.484 e. The molecule has 0 saturated carbocycles. The van der Waals surface area contributed by atoms with E-state index in [1.165, 1.54) is 5.56 Å². The highest BCUT2D eigenvalue weighted by Gasteiger charge is 2.06. The number of hydrogen-bond donors (Lipinski definition) is 1. The molecular weight excluding hydrogens is 262 g/mol. The van der Waals surface area contributed by atoms with Gasteiger partial charge in [0.2, 0.25) is 0 Å². The first-order valence-electron chi connectivity index (χ1n) is 7.17. The predicted octanol–water partition coefficient (Wildman–Crippen LogP) is 3.88. The lowest BCUT2D eigenvalue weighted by atomic mass is 10.1. The molecule has 3 nitrogen and oxygen atoms in total. The summed E-state index contributed by atoms with van der Waals surface area (Å²) in [5.41, 5.74) is 4.25. The highest BCUT2D eigenvalue weighted by Crippen LogP contribution is 2.17. The van der Waals surface area contributed by atoms with Crippen molar-refractivity contribution in [3.8, 4) is 5.75 Å². The zero-order valence-corrected chi connectivity index (χ0v) is 12.8. The van der Waals surface area contributed by atoms with Crippen molar-refractivity contribution < 1.29 is 9.53 Å². The predicted molar refractivity (Wildman–Crippen MR) is 85.9 cm³/mol. The van der Waals surface area contributed by atoms with Gasteiger partial charge in [0.1, 0.15) is 5.75 Å². The molecule has 0 atom stereocenters. The number of aryl methyl sites for hydroxylation is 3. The molecule has 0 spiro atoms. The standard InChI is InChI=1S/C18H21NO2/c1-4-15-7-9-16(10-8-15)21-12-18(20)19-17-11-13(2)5-6-14(17)3/h5-11H,4,12H2,1-3H3,(H,19,20). The Balaban J connectivity index is 1.91. The second-order valence-electron chi connectivity index (χ2n) is 5.15. The number of carbonyl (C=O) groups is 1. The Bertz CT molecular complexity index is 618. The van der Waals surface area contributed by atoms with Crippen molar-refractivity contribution in [3.63, 3.8) is 0 Å².